The van der Waals surface area contributed by atoms with Crippen LogP contribution >= 0.6 is 31.4 Å². The van der Waals surface area contributed by atoms with Gasteiger partial charge >= 0.3 is 0 Å². The third-order valence-electron chi connectivity index (χ3n) is 1.90. The zero-order chi connectivity index (χ0) is 17.0. The highest BCUT2D eigenvalue weighted by Gasteiger charge is 2.17. The molecule has 22 heavy (non-hydrogen) atoms. The first kappa shape index (κ1) is 20.6. The molecule has 12 nitrogen and oxygen atoms in total. The summed E-state index contributed by atoms with van der Waals surface area (Å²) in [6, 6.07) is 0. The Morgan fingerprint density at radius 1 is 0.909 bits per heavy atom. The van der Waals surface area contributed by atoms with E-state index in [9.17, 15) is 30.3 Å². The first-order valence-corrected chi connectivity index (χ1v) is 9.48. The molecule has 0 aromatic rings. The summed E-state index contributed by atoms with van der Waals surface area (Å²) in [6.45, 7) is 1.18. The van der Waals surface area contributed by atoms with Crippen molar-refractivity contribution in [3.05, 3.63) is 30.3 Å². The van der Waals surface area contributed by atoms with E-state index in [2.05, 4.69) is 14.5 Å². The average molecular weight is 379 g/mol. The molecule has 0 aromatic carbocycles. The molecule has 0 N–H and O–H groups in total. The van der Waals surface area contributed by atoms with Crippen LogP contribution in [0.3, 0.4) is 0 Å². The van der Waals surface area contributed by atoms with Gasteiger partial charge in [-0.2, -0.15) is 0 Å². The van der Waals surface area contributed by atoms with E-state index in [4.69, 9.17) is 0 Å². The molecule has 0 aliphatic heterocycles. The summed E-state index contributed by atoms with van der Waals surface area (Å²) in [5, 5.41) is 27.5. The Bertz CT molecular complexity index is 374. The Hall–Kier alpha value is -1.35. The lowest BCUT2D eigenvalue weighted by atomic mass is 10.3. The van der Waals surface area contributed by atoms with Gasteiger partial charge in [-0.3, -0.25) is 0 Å². The summed E-state index contributed by atoms with van der Waals surface area (Å²) in [4.78, 5) is 43.1. The Morgan fingerprint density at radius 2 is 1.41 bits per heavy atom. The molecule has 0 spiro atoms. The molecule has 0 heterocycles. The second-order valence-electron chi connectivity index (χ2n) is 3.47. The van der Waals surface area contributed by atoms with Crippen molar-refractivity contribution in [2.75, 3.05) is 18.1 Å². The topological polar surface area (TPSA) is 157 Å². The Balaban J connectivity index is 3.93. The number of nitrogens with zero attached hydrogens (tertiary/aromatic N) is 3. The molecule has 0 radical (unpaired) electrons. The van der Waals surface area contributed by atoms with Crippen LogP contribution in [0.5, 0.6) is 0 Å². The van der Waals surface area contributed by atoms with Crippen molar-refractivity contribution in [1.82, 2.24) is 0 Å². The molecule has 0 aromatic heterocycles. The molecule has 128 valence electrons. The van der Waals surface area contributed by atoms with E-state index in [0.717, 1.165) is 10.8 Å². The second kappa shape index (κ2) is 12.2. The van der Waals surface area contributed by atoms with E-state index in [0.29, 0.717) is 12.2 Å². The normalized spacial score (nSPS) is 13.0. The molecular formula is C7H13N3O9S3. The maximum atomic E-state index is 10.2. The van der Waals surface area contributed by atoms with Crippen LogP contribution in [0, 0.1) is 30.3 Å². The van der Waals surface area contributed by atoms with E-state index in [-0.39, 0.29) is 5.75 Å². The van der Waals surface area contributed by atoms with E-state index < -0.39 is 34.1 Å². The lowest BCUT2D eigenvalue weighted by Gasteiger charge is -2.13. The monoisotopic (exact) mass is 379 g/mol. The van der Waals surface area contributed by atoms with Crippen molar-refractivity contribution in [2.24, 2.45) is 0 Å². The fourth-order valence-corrected chi connectivity index (χ4v) is 4.96. The van der Waals surface area contributed by atoms with Crippen LogP contribution in [-0.2, 0) is 14.5 Å². The smallest absolute Gasteiger partial charge is 0.294 e. The molecule has 0 amide bonds. The minimum Gasteiger partial charge on any atom is -0.312 e. The van der Waals surface area contributed by atoms with Crippen molar-refractivity contribution >= 4 is 31.4 Å². The first-order chi connectivity index (χ1) is 10.3. The predicted octanol–water partition coefficient (Wildman–Crippen LogP) is 1.79. The zero-order valence-corrected chi connectivity index (χ0v) is 13.7. The van der Waals surface area contributed by atoms with Gasteiger partial charge in [-0.05, 0) is 16.2 Å². The molecule has 0 fully saturated rings. The standard InChI is InChI=1S/C7H13N3O9S3/c1-2-6(18-9(13)14)4-20-22-21-5-7(19-10(15)16)3-17-8(11)12/h6-7H,2-5H2,1H3. The van der Waals surface area contributed by atoms with Crippen molar-refractivity contribution in [3.63, 3.8) is 0 Å². The van der Waals surface area contributed by atoms with Crippen LogP contribution in [0.15, 0.2) is 0 Å². The highest BCUT2D eigenvalue weighted by atomic mass is 33.5. The molecule has 0 aliphatic rings. The summed E-state index contributed by atoms with van der Waals surface area (Å²) in [6.07, 6.45) is -1.17. The Labute approximate surface area is 135 Å². The average Bonchev–Trinajstić information content (AvgIpc) is 2.41. The van der Waals surface area contributed by atoms with Crippen LogP contribution < -0.4 is 0 Å². The third kappa shape index (κ3) is 12.4. The molecule has 0 saturated heterocycles. The maximum absolute atomic E-state index is 10.2. The van der Waals surface area contributed by atoms with E-state index in [1.54, 1.807) is 6.92 Å². The summed E-state index contributed by atoms with van der Waals surface area (Å²) in [5.74, 6) is 0.417. The van der Waals surface area contributed by atoms with Crippen molar-refractivity contribution in [1.29, 1.82) is 0 Å². The Kier molecular flexibility index (Phi) is 11.5. The van der Waals surface area contributed by atoms with Gasteiger partial charge in [0.25, 0.3) is 15.3 Å². The van der Waals surface area contributed by atoms with Crippen LogP contribution in [0.1, 0.15) is 13.3 Å². The molecule has 0 bridgehead atoms. The molecule has 0 saturated carbocycles. The summed E-state index contributed by atoms with van der Waals surface area (Å²) >= 11 is 0. The number of hydrogen-bond donors (Lipinski definition) is 0. The van der Waals surface area contributed by atoms with Crippen LogP contribution in [0.25, 0.3) is 0 Å². The molecular weight excluding hydrogens is 366 g/mol. The van der Waals surface area contributed by atoms with Crippen LogP contribution in [0.2, 0.25) is 0 Å². The van der Waals surface area contributed by atoms with Gasteiger partial charge in [0.1, 0.15) is 18.8 Å². The van der Waals surface area contributed by atoms with E-state index >= 15 is 0 Å². The minimum atomic E-state index is -1.09. The molecule has 15 heteroatoms. The third-order valence-corrected chi connectivity index (χ3v) is 6.23. The minimum absolute atomic E-state index is 0.0688. The van der Waals surface area contributed by atoms with Gasteiger partial charge in [-0.15, -0.1) is 30.3 Å². The Morgan fingerprint density at radius 3 is 1.86 bits per heavy atom. The van der Waals surface area contributed by atoms with Gasteiger partial charge in [0.15, 0.2) is 0 Å². The van der Waals surface area contributed by atoms with Crippen LogP contribution in [-0.4, -0.2) is 45.6 Å². The lowest BCUT2D eigenvalue weighted by Crippen LogP contribution is -2.26. The van der Waals surface area contributed by atoms with Gasteiger partial charge in [0.05, 0.1) is 0 Å². The molecule has 2 unspecified atom stereocenters. The van der Waals surface area contributed by atoms with Crippen molar-refractivity contribution in [2.45, 2.75) is 25.6 Å². The SMILES string of the molecule is CCC(CSSSCC(CO[N+](=O)[O-])O[N+](=O)[O-])O[N+](=O)[O-]. The maximum Gasteiger partial charge on any atom is 0.294 e. The van der Waals surface area contributed by atoms with E-state index in [1.165, 1.54) is 20.6 Å². The molecule has 0 aliphatic carbocycles. The number of rotatable bonds is 14. The largest absolute Gasteiger partial charge is 0.312 e. The van der Waals surface area contributed by atoms with Gasteiger partial charge in [-0.25, -0.2) is 0 Å². The zero-order valence-electron chi connectivity index (χ0n) is 11.2. The quantitative estimate of drug-likeness (QED) is 0.187. The number of hydrogen-bond acceptors (Lipinski definition) is 12. The molecule has 2 atom stereocenters. The van der Waals surface area contributed by atoms with Crippen LogP contribution in [0.4, 0.5) is 0 Å². The summed E-state index contributed by atoms with van der Waals surface area (Å²) in [5.41, 5.74) is 0. The van der Waals surface area contributed by atoms with Crippen molar-refractivity contribution < 1.29 is 29.8 Å². The lowest BCUT2D eigenvalue weighted by molar-refractivity contribution is -0.788. The molecule has 0 rings (SSSR count). The first-order valence-electron chi connectivity index (χ1n) is 5.65. The van der Waals surface area contributed by atoms with Gasteiger partial charge in [0.2, 0.25) is 0 Å². The summed E-state index contributed by atoms with van der Waals surface area (Å²) < 4.78 is 0. The second-order valence-corrected chi connectivity index (χ2v) is 7.79. The van der Waals surface area contributed by atoms with Gasteiger partial charge < -0.3 is 14.5 Å². The van der Waals surface area contributed by atoms with Gasteiger partial charge in [0, 0.05) is 11.5 Å². The fourth-order valence-electron chi connectivity index (χ4n) is 0.961. The van der Waals surface area contributed by atoms with Crippen molar-refractivity contribution in [3.8, 4) is 0 Å². The van der Waals surface area contributed by atoms with Gasteiger partial charge in [-0.1, -0.05) is 28.5 Å². The predicted molar refractivity (Wildman–Crippen MR) is 79.5 cm³/mol. The fraction of sp³-hybridized carbons (Fsp3) is 1.00. The summed E-state index contributed by atoms with van der Waals surface area (Å²) in [7, 11) is 3.63. The highest BCUT2D eigenvalue weighted by molar-refractivity contribution is 9.09. The van der Waals surface area contributed by atoms with E-state index in [1.807, 2.05) is 0 Å². The highest BCUT2D eigenvalue weighted by Crippen LogP contribution is 2.36.